The van der Waals surface area contributed by atoms with Crippen LogP contribution in [0, 0.1) is 5.82 Å². The number of carboxylic acid groups (broad SMARTS) is 1. The number of amides is 3. The summed E-state index contributed by atoms with van der Waals surface area (Å²) >= 11 is 6.09. The normalized spacial score (nSPS) is 22.0. The molecule has 2 heterocycles. The first-order chi connectivity index (χ1) is 12.3. The monoisotopic (exact) mass is 393 g/mol. The van der Waals surface area contributed by atoms with Gasteiger partial charge in [-0.05, 0) is 23.8 Å². The summed E-state index contributed by atoms with van der Waals surface area (Å²) in [7, 11) is 0. The SMILES string of the molecule is O=C([O-])CN1C(=O)C[C@@H](N2C(=O)/C(=C/c3ccc(F)cc3)SC2=S)C1=O. The van der Waals surface area contributed by atoms with Gasteiger partial charge < -0.3 is 9.90 Å². The van der Waals surface area contributed by atoms with Crippen molar-refractivity contribution in [3.8, 4) is 0 Å². The largest absolute Gasteiger partial charge is 0.548 e. The fourth-order valence-corrected chi connectivity index (χ4v) is 3.98. The predicted octanol–water partition coefficient (Wildman–Crippen LogP) is -0.0957. The van der Waals surface area contributed by atoms with Crippen molar-refractivity contribution in [1.29, 1.82) is 0 Å². The Morgan fingerprint density at radius 2 is 1.96 bits per heavy atom. The van der Waals surface area contributed by atoms with E-state index >= 15 is 0 Å². The van der Waals surface area contributed by atoms with Crippen molar-refractivity contribution < 1.29 is 28.7 Å². The van der Waals surface area contributed by atoms with Crippen molar-refractivity contribution >= 4 is 58.1 Å². The highest BCUT2D eigenvalue weighted by Gasteiger charge is 2.48. The number of rotatable bonds is 4. The average molecular weight is 393 g/mol. The second-order valence-electron chi connectivity index (χ2n) is 5.51. The summed E-state index contributed by atoms with van der Waals surface area (Å²) in [6.07, 6.45) is 1.15. The summed E-state index contributed by atoms with van der Waals surface area (Å²) < 4.78 is 13.1. The van der Waals surface area contributed by atoms with Gasteiger partial charge in [0.1, 0.15) is 16.2 Å². The molecular weight excluding hydrogens is 383 g/mol. The fourth-order valence-electron chi connectivity index (χ4n) is 2.62. The van der Waals surface area contributed by atoms with E-state index in [0.29, 0.717) is 10.5 Å². The Bertz CT molecular complexity index is 868. The Hall–Kier alpha value is -2.59. The molecular formula is C16H10FN2O5S2-. The first kappa shape index (κ1) is 18.2. The first-order valence-corrected chi connectivity index (χ1v) is 8.57. The predicted molar refractivity (Wildman–Crippen MR) is 91.5 cm³/mol. The smallest absolute Gasteiger partial charge is 0.266 e. The van der Waals surface area contributed by atoms with Crippen molar-refractivity contribution in [3.05, 3.63) is 40.6 Å². The maximum atomic E-state index is 13.0. The highest BCUT2D eigenvalue weighted by Crippen LogP contribution is 2.36. The molecule has 1 aromatic carbocycles. The van der Waals surface area contributed by atoms with Crippen LogP contribution in [0.25, 0.3) is 6.08 Å². The zero-order valence-electron chi connectivity index (χ0n) is 13.0. The third kappa shape index (κ3) is 3.37. The van der Waals surface area contributed by atoms with Crippen LogP contribution in [-0.4, -0.2) is 50.4 Å². The van der Waals surface area contributed by atoms with Crippen LogP contribution in [0.1, 0.15) is 12.0 Å². The van der Waals surface area contributed by atoms with Gasteiger partial charge in [-0.2, -0.15) is 0 Å². The number of benzene rings is 1. The molecule has 134 valence electrons. The lowest BCUT2D eigenvalue weighted by Crippen LogP contribution is -2.46. The maximum absolute atomic E-state index is 13.0. The van der Waals surface area contributed by atoms with Crippen LogP contribution in [0.2, 0.25) is 0 Å². The second-order valence-corrected chi connectivity index (χ2v) is 7.19. The molecule has 2 aliphatic heterocycles. The molecule has 0 saturated carbocycles. The molecule has 10 heteroatoms. The topological polar surface area (TPSA) is 97.8 Å². The van der Waals surface area contributed by atoms with E-state index in [1.54, 1.807) is 0 Å². The van der Waals surface area contributed by atoms with Crippen LogP contribution in [-0.2, 0) is 19.2 Å². The van der Waals surface area contributed by atoms with E-state index in [0.717, 1.165) is 16.7 Å². The molecule has 0 unspecified atom stereocenters. The molecule has 3 amide bonds. The number of halogens is 1. The summed E-state index contributed by atoms with van der Waals surface area (Å²) in [6.45, 7) is -0.867. The number of aliphatic carboxylic acids is 1. The van der Waals surface area contributed by atoms with Gasteiger partial charge in [0, 0.05) is 0 Å². The van der Waals surface area contributed by atoms with Gasteiger partial charge in [-0.3, -0.25) is 24.2 Å². The quantitative estimate of drug-likeness (QED) is 0.400. The number of hydrogen-bond acceptors (Lipinski definition) is 7. The van der Waals surface area contributed by atoms with Crippen LogP contribution >= 0.6 is 24.0 Å². The Morgan fingerprint density at radius 3 is 2.58 bits per heavy atom. The Labute approximate surface area is 156 Å². The minimum Gasteiger partial charge on any atom is -0.548 e. The Morgan fingerprint density at radius 1 is 1.31 bits per heavy atom. The molecule has 3 rings (SSSR count). The summed E-state index contributed by atoms with van der Waals surface area (Å²) in [6, 6.07) is 4.27. The van der Waals surface area contributed by atoms with Gasteiger partial charge in [0.25, 0.3) is 11.8 Å². The molecule has 7 nitrogen and oxygen atoms in total. The van der Waals surface area contributed by atoms with E-state index in [4.69, 9.17) is 12.2 Å². The maximum Gasteiger partial charge on any atom is 0.266 e. The minimum atomic E-state index is -1.58. The number of carboxylic acids is 1. The van der Waals surface area contributed by atoms with Crippen LogP contribution in [0.15, 0.2) is 29.2 Å². The second kappa shape index (κ2) is 6.96. The van der Waals surface area contributed by atoms with Crippen LogP contribution in [0.3, 0.4) is 0 Å². The molecule has 2 aliphatic rings. The van der Waals surface area contributed by atoms with E-state index in [1.165, 1.54) is 30.3 Å². The third-order valence-electron chi connectivity index (χ3n) is 3.81. The molecule has 2 saturated heterocycles. The van der Waals surface area contributed by atoms with Gasteiger partial charge in [0.05, 0.1) is 23.8 Å². The van der Waals surface area contributed by atoms with Gasteiger partial charge in [-0.1, -0.05) is 36.1 Å². The number of imide groups is 1. The zero-order valence-corrected chi connectivity index (χ0v) is 14.6. The summed E-state index contributed by atoms with van der Waals surface area (Å²) in [5.74, 6) is -4.07. The van der Waals surface area contributed by atoms with Crippen molar-refractivity contribution in [2.75, 3.05) is 6.54 Å². The minimum absolute atomic E-state index is 0.0878. The van der Waals surface area contributed by atoms with Crippen molar-refractivity contribution in [3.63, 3.8) is 0 Å². The van der Waals surface area contributed by atoms with Gasteiger partial charge in [0.15, 0.2) is 0 Å². The standard InChI is InChI=1S/C16H11FN2O5S2/c17-9-3-1-8(2-4-9)5-11-15(24)19(16(25)26-11)10-6-12(20)18(14(10)23)7-13(21)22/h1-5,10H,6-7H2,(H,21,22)/p-1/b11-5-/t10-/m1/s1. The molecule has 0 aliphatic carbocycles. The molecule has 0 radical (unpaired) electrons. The fraction of sp³-hybridized carbons (Fsp3) is 0.188. The molecule has 0 bridgehead atoms. The van der Waals surface area contributed by atoms with Crippen LogP contribution in [0.4, 0.5) is 4.39 Å². The molecule has 0 N–H and O–H groups in total. The molecule has 26 heavy (non-hydrogen) atoms. The molecule has 0 spiro atoms. The van der Waals surface area contributed by atoms with Gasteiger partial charge in [-0.25, -0.2) is 4.39 Å². The Balaban J connectivity index is 1.83. The van der Waals surface area contributed by atoms with Crippen LogP contribution in [0.5, 0.6) is 0 Å². The number of likely N-dealkylation sites (tertiary alicyclic amines) is 1. The van der Waals surface area contributed by atoms with Gasteiger partial charge in [0.2, 0.25) is 5.91 Å². The first-order valence-electron chi connectivity index (χ1n) is 7.34. The number of thioether (sulfide) groups is 1. The lowest BCUT2D eigenvalue weighted by molar-refractivity contribution is -0.305. The zero-order chi connectivity index (χ0) is 19.0. The van der Waals surface area contributed by atoms with Gasteiger partial charge >= 0.3 is 0 Å². The lowest BCUT2D eigenvalue weighted by Gasteiger charge is -2.21. The van der Waals surface area contributed by atoms with Crippen molar-refractivity contribution in [2.45, 2.75) is 12.5 Å². The number of thiocarbonyl (C=S) groups is 1. The number of carbonyl (C=O) groups excluding carboxylic acids is 4. The van der Waals surface area contributed by atoms with Crippen molar-refractivity contribution in [1.82, 2.24) is 9.80 Å². The highest BCUT2D eigenvalue weighted by molar-refractivity contribution is 8.26. The summed E-state index contributed by atoms with van der Waals surface area (Å²) in [5.41, 5.74) is 0.569. The molecule has 1 atom stereocenters. The molecule has 1 aromatic rings. The van der Waals surface area contributed by atoms with E-state index in [1.807, 2.05) is 0 Å². The summed E-state index contributed by atoms with van der Waals surface area (Å²) in [5, 5.41) is 10.7. The van der Waals surface area contributed by atoms with Crippen molar-refractivity contribution in [2.24, 2.45) is 0 Å². The number of hydrogen-bond donors (Lipinski definition) is 0. The van der Waals surface area contributed by atoms with E-state index in [2.05, 4.69) is 0 Å². The number of nitrogens with zero attached hydrogens (tertiary/aromatic N) is 2. The lowest BCUT2D eigenvalue weighted by atomic mass is 10.2. The number of carbonyl (C=O) groups is 4. The summed E-state index contributed by atoms with van der Waals surface area (Å²) in [4.78, 5) is 49.3. The third-order valence-corrected chi connectivity index (χ3v) is 5.14. The van der Waals surface area contributed by atoms with E-state index in [-0.39, 0.29) is 15.6 Å². The van der Waals surface area contributed by atoms with Gasteiger partial charge in [-0.15, -0.1) is 0 Å². The van der Waals surface area contributed by atoms with E-state index < -0.39 is 42.1 Å². The van der Waals surface area contributed by atoms with E-state index in [9.17, 15) is 28.7 Å². The Kier molecular flexibility index (Phi) is 4.88. The van der Waals surface area contributed by atoms with Crippen LogP contribution < -0.4 is 5.11 Å². The molecule has 0 aromatic heterocycles. The highest BCUT2D eigenvalue weighted by atomic mass is 32.2. The molecule has 2 fully saturated rings. The average Bonchev–Trinajstić information content (AvgIpc) is 2.99.